The number of carbonyl (C=O) groups is 6. The standard InChI is InChI=1S/C29H38O15/c1-13-8-9-19-20(27(35)36-7)11-38-28(23(13)19)44-29-26(42-18(6)33)25(41-17(5)32)24(40-16(4)31)21(43-29)12-37-22(34)10-14(2)39-15(3)30/h10-11,13,19,21,23-26,28-29H,8-9,12H2,1-7H3. The lowest BCUT2D eigenvalue weighted by molar-refractivity contribution is -0.344. The van der Waals surface area contributed by atoms with Gasteiger partial charge >= 0.3 is 35.8 Å². The van der Waals surface area contributed by atoms with Crippen LogP contribution < -0.4 is 0 Å². The highest BCUT2D eigenvalue weighted by atomic mass is 16.8. The average Bonchev–Trinajstić information content (AvgIpc) is 3.31. The van der Waals surface area contributed by atoms with E-state index in [1.165, 1.54) is 20.3 Å². The van der Waals surface area contributed by atoms with Crippen molar-refractivity contribution >= 4 is 35.8 Å². The van der Waals surface area contributed by atoms with Crippen molar-refractivity contribution in [2.45, 2.75) is 91.4 Å². The van der Waals surface area contributed by atoms with E-state index in [0.29, 0.717) is 12.0 Å². The van der Waals surface area contributed by atoms with E-state index in [1.54, 1.807) is 0 Å². The van der Waals surface area contributed by atoms with Gasteiger partial charge in [-0.2, -0.15) is 0 Å². The van der Waals surface area contributed by atoms with Crippen LogP contribution in [0.2, 0.25) is 0 Å². The second-order valence-electron chi connectivity index (χ2n) is 10.7. The summed E-state index contributed by atoms with van der Waals surface area (Å²) in [6.45, 7) is 7.28. The predicted octanol–water partition coefficient (Wildman–Crippen LogP) is 1.61. The maximum atomic E-state index is 12.4. The SMILES string of the molecule is COC(=O)C1=COC(OC2OC(COC(=O)C=C(C)OC(C)=O)C(OC(C)=O)C(OC(C)=O)C2OC(C)=O)C2C(C)CCC12. The van der Waals surface area contributed by atoms with Crippen LogP contribution in [0.1, 0.15) is 54.4 Å². The molecule has 3 rings (SSSR count). The molecule has 15 heteroatoms. The fourth-order valence-corrected chi connectivity index (χ4v) is 5.66. The largest absolute Gasteiger partial charge is 0.472 e. The van der Waals surface area contributed by atoms with Gasteiger partial charge in [-0.05, 0) is 25.7 Å². The Balaban J connectivity index is 1.95. The zero-order valence-corrected chi connectivity index (χ0v) is 25.6. The first-order valence-electron chi connectivity index (χ1n) is 14.0. The summed E-state index contributed by atoms with van der Waals surface area (Å²) in [5.41, 5.74) is 0.359. The number of hydrogen-bond acceptors (Lipinski definition) is 15. The molecule has 0 spiro atoms. The van der Waals surface area contributed by atoms with Crippen LogP contribution >= 0.6 is 0 Å². The monoisotopic (exact) mass is 626 g/mol. The average molecular weight is 627 g/mol. The van der Waals surface area contributed by atoms with E-state index >= 15 is 0 Å². The van der Waals surface area contributed by atoms with Crippen molar-refractivity contribution in [2.24, 2.45) is 17.8 Å². The molecule has 0 amide bonds. The summed E-state index contributed by atoms with van der Waals surface area (Å²) in [6, 6.07) is 0. The Morgan fingerprint density at radius 2 is 1.45 bits per heavy atom. The van der Waals surface area contributed by atoms with E-state index in [9.17, 15) is 28.8 Å². The quantitative estimate of drug-likeness (QED) is 0.147. The molecule has 0 N–H and O–H groups in total. The fraction of sp³-hybridized carbons (Fsp3) is 0.655. The van der Waals surface area contributed by atoms with Gasteiger partial charge in [0.1, 0.15) is 18.5 Å². The Bertz CT molecular complexity index is 1190. The van der Waals surface area contributed by atoms with E-state index in [-0.39, 0.29) is 23.5 Å². The van der Waals surface area contributed by atoms with Gasteiger partial charge in [0.2, 0.25) is 12.6 Å². The van der Waals surface area contributed by atoms with Gasteiger partial charge in [-0.25, -0.2) is 9.59 Å². The Labute approximate surface area is 254 Å². The minimum Gasteiger partial charge on any atom is -0.472 e. The fourth-order valence-electron chi connectivity index (χ4n) is 5.66. The van der Waals surface area contributed by atoms with Crippen molar-refractivity contribution in [1.29, 1.82) is 0 Å². The molecule has 0 aromatic rings. The van der Waals surface area contributed by atoms with E-state index in [4.69, 9.17) is 42.6 Å². The van der Waals surface area contributed by atoms with Gasteiger partial charge in [0.05, 0.1) is 25.0 Å². The molecule has 0 bridgehead atoms. The molecule has 9 atom stereocenters. The maximum Gasteiger partial charge on any atom is 0.337 e. The molecule has 2 heterocycles. The van der Waals surface area contributed by atoms with Crippen molar-refractivity contribution in [2.75, 3.05) is 13.7 Å². The molecule has 0 radical (unpaired) electrons. The highest BCUT2D eigenvalue weighted by Gasteiger charge is 2.55. The molecule has 44 heavy (non-hydrogen) atoms. The highest BCUT2D eigenvalue weighted by molar-refractivity contribution is 5.89. The smallest absolute Gasteiger partial charge is 0.337 e. The molecule has 15 nitrogen and oxygen atoms in total. The second-order valence-corrected chi connectivity index (χ2v) is 10.7. The molecule has 0 aromatic heterocycles. The highest BCUT2D eigenvalue weighted by Crippen LogP contribution is 2.47. The number of esters is 6. The van der Waals surface area contributed by atoms with E-state index < -0.39 is 79.4 Å². The van der Waals surface area contributed by atoms with Gasteiger partial charge in [0, 0.05) is 39.5 Å². The Kier molecular flexibility index (Phi) is 11.9. The lowest BCUT2D eigenvalue weighted by Gasteiger charge is -2.46. The number of rotatable bonds is 10. The Morgan fingerprint density at radius 1 is 0.841 bits per heavy atom. The van der Waals surface area contributed by atoms with E-state index in [2.05, 4.69) is 0 Å². The predicted molar refractivity (Wildman–Crippen MR) is 143 cm³/mol. The molecule has 0 aromatic carbocycles. The van der Waals surface area contributed by atoms with Crippen LogP contribution in [0.5, 0.6) is 0 Å². The van der Waals surface area contributed by atoms with Crippen molar-refractivity contribution in [3.8, 4) is 0 Å². The molecule has 3 aliphatic rings. The minimum absolute atomic E-state index is 0.0356. The number of hydrogen-bond donors (Lipinski definition) is 0. The zero-order chi connectivity index (χ0) is 32.7. The first kappa shape index (κ1) is 34.5. The molecule has 2 aliphatic heterocycles. The lowest BCUT2D eigenvalue weighted by atomic mass is 9.83. The first-order chi connectivity index (χ1) is 20.7. The summed E-state index contributed by atoms with van der Waals surface area (Å²) in [7, 11) is 1.27. The Hall–Kier alpha value is -3.98. The normalized spacial score (nSPS) is 31.3. The van der Waals surface area contributed by atoms with E-state index in [1.807, 2.05) is 6.92 Å². The summed E-state index contributed by atoms with van der Waals surface area (Å²) < 4.78 is 49.5. The van der Waals surface area contributed by atoms with Gasteiger partial charge in [0.25, 0.3) is 0 Å². The second kappa shape index (κ2) is 15.1. The Morgan fingerprint density at radius 3 is 2.05 bits per heavy atom. The van der Waals surface area contributed by atoms with Crippen LogP contribution in [-0.4, -0.2) is 86.5 Å². The number of carbonyl (C=O) groups excluding carboxylic acids is 6. The van der Waals surface area contributed by atoms with Crippen LogP contribution in [0.25, 0.3) is 0 Å². The van der Waals surface area contributed by atoms with Crippen LogP contribution in [-0.2, 0) is 71.4 Å². The van der Waals surface area contributed by atoms with Crippen molar-refractivity contribution in [3.63, 3.8) is 0 Å². The number of methoxy groups -OCH3 is 1. The molecule has 1 saturated carbocycles. The van der Waals surface area contributed by atoms with Crippen LogP contribution in [0.3, 0.4) is 0 Å². The first-order valence-corrected chi connectivity index (χ1v) is 14.0. The van der Waals surface area contributed by atoms with Crippen molar-refractivity contribution in [1.82, 2.24) is 0 Å². The molecular formula is C29H38O15. The lowest BCUT2D eigenvalue weighted by Crippen LogP contribution is -2.63. The summed E-state index contributed by atoms with van der Waals surface area (Å²) in [4.78, 5) is 72.4. The van der Waals surface area contributed by atoms with E-state index in [0.717, 1.165) is 40.2 Å². The van der Waals surface area contributed by atoms with Gasteiger partial charge < -0.3 is 42.6 Å². The molecule has 2 fully saturated rings. The maximum absolute atomic E-state index is 12.4. The molecule has 244 valence electrons. The number of ether oxygens (including phenoxy) is 9. The molecule has 1 saturated heterocycles. The van der Waals surface area contributed by atoms with Gasteiger partial charge in [0.15, 0.2) is 18.3 Å². The summed E-state index contributed by atoms with van der Waals surface area (Å²) >= 11 is 0. The molecular weight excluding hydrogens is 588 g/mol. The summed E-state index contributed by atoms with van der Waals surface area (Å²) in [5.74, 6) is -5.06. The van der Waals surface area contributed by atoms with Crippen LogP contribution in [0.15, 0.2) is 23.7 Å². The third-order valence-electron chi connectivity index (χ3n) is 7.30. The molecule has 9 unspecified atom stereocenters. The zero-order valence-electron chi connectivity index (χ0n) is 25.6. The minimum atomic E-state index is -1.48. The summed E-state index contributed by atoms with van der Waals surface area (Å²) in [6.07, 6.45) is -4.50. The number of allylic oxidation sites excluding steroid dienone is 1. The van der Waals surface area contributed by atoms with Crippen molar-refractivity contribution < 1.29 is 71.4 Å². The number of fused-ring (bicyclic) bond motifs is 1. The van der Waals surface area contributed by atoms with Gasteiger partial charge in [-0.3, -0.25) is 19.2 Å². The van der Waals surface area contributed by atoms with Gasteiger partial charge in [-0.1, -0.05) is 6.92 Å². The summed E-state index contributed by atoms with van der Waals surface area (Å²) in [5, 5.41) is 0. The van der Waals surface area contributed by atoms with Crippen molar-refractivity contribution in [3.05, 3.63) is 23.7 Å². The topological polar surface area (TPSA) is 185 Å². The molecule has 1 aliphatic carbocycles. The third kappa shape index (κ3) is 8.78. The van der Waals surface area contributed by atoms with Crippen LogP contribution in [0, 0.1) is 17.8 Å². The van der Waals surface area contributed by atoms with Crippen LogP contribution in [0.4, 0.5) is 0 Å². The third-order valence-corrected chi connectivity index (χ3v) is 7.30. The van der Waals surface area contributed by atoms with Gasteiger partial charge in [-0.15, -0.1) is 0 Å².